The minimum atomic E-state index is -0.622. The van der Waals surface area contributed by atoms with E-state index in [1.165, 1.54) is 4.90 Å². The number of imide groups is 1. The molecule has 1 aliphatic heterocycles. The summed E-state index contributed by atoms with van der Waals surface area (Å²) in [6.07, 6.45) is 2.89. The van der Waals surface area contributed by atoms with Gasteiger partial charge in [0.05, 0.1) is 18.3 Å². The highest BCUT2D eigenvalue weighted by Gasteiger charge is 2.60. The maximum Gasteiger partial charge on any atom is 0.308 e. The van der Waals surface area contributed by atoms with Gasteiger partial charge >= 0.3 is 5.97 Å². The van der Waals surface area contributed by atoms with Gasteiger partial charge in [0.1, 0.15) is 0 Å². The van der Waals surface area contributed by atoms with Crippen LogP contribution in [0, 0.1) is 30.6 Å². The monoisotopic (exact) mass is 418 g/mol. The minimum Gasteiger partial charge on any atom is -0.456 e. The Bertz CT molecular complexity index is 858. The number of nitrogens with zero attached hydrogens (tertiary/aromatic N) is 1. The van der Waals surface area contributed by atoms with Crippen LogP contribution in [-0.2, 0) is 23.9 Å². The van der Waals surface area contributed by atoms with E-state index in [1.807, 2.05) is 6.92 Å². The molecule has 0 aromatic heterocycles. The van der Waals surface area contributed by atoms with Crippen LogP contribution in [0.25, 0.3) is 0 Å². The fourth-order valence-electron chi connectivity index (χ4n) is 4.98. The van der Waals surface area contributed by atoms with Crippen molar-refractivity contribution in [3.8, 4) is 0 Å². The maximum atomic E-state index is 12.6. The average molecular weight is 419 g/mol. The number of hydrogen-bond acceptors (Lipinski definition) is 5. The molecule has 8 heteroatoms. The number of carbonyl (C=O) groups is 4. The molecular weight excluding hydrogens is 396 g/mol. The van der Waals surface area contributed by atoms with Gasteiger partial charge in [0.25, 0.3) is 5.91 Å². The molecule has 7 nitrogen and oxygen atoms in total. The van der Waals surface area contributed by atoms with E-state index in [2.05, 4.69) is 5.32 Å². The minimum absolute atomic E-state index is 0.0120. The summed E-state index contributed by atoms with van der Waals surface area (Å²) in [6.45, 7) is 1.42. The van der Waals surface area contributed by atoms with E-state index in [9.17, 15) is 19.2 Å². The van der Waals surface area contributed by atoms with Crippen molar-refractivity contribution in [2.24, 2.45) is 23.7 Å². The Morgan fingerprint density at radius 1 is 1.17 bits per heavy atom. The highest BCUT2D eigenvalue weighted by atomic mass is 35.5. The van der Waals surface area contributed by atoms with E-state index in [1.54, 1.807) is 18.2 Å². The van der Waals surface area contributed by atoms with Gasteiger partial charge in [0.2, 0.25) is 11.8 Å². The number of rotatable bonds is 6. The van der Waals surface area contributed by atoms with Crippen LogP contribution in [0.5, 0.6) is 0 Å². The van der Waals surface area contributed by atoms with E-state index in [-0.39, 0.29) is 36.6 Å². The number of ether oxygens (including phenoxy) is 1. The summed E-state index contributed by atoms with van der Waals surface area (Å²) in [5, 5.41) is 3.13. The van der Waals surface area contributed by atoms with Crippen LogP contribution in [0.3, 0.4) is 0 Å². The summed E-state index contributed by atoms with van der Waals surface area (Å²) in [5.41, 5.74) is 1.40. The van der Waals surface area contributed by atoms with E-state index < -0.39 is 18.5 Å². The number of amides is 3. The zero-order valence-electron chi connectivity index (χ0n) is 16.2. The van der Waals surface area contributed by atoms with E-state index >= 15 is 0 Å². The predicted molar refractivity (Wildman–Crippen MR) is 105 cm³/mol. The van der Waals surface area contributed by atoms with Gasteiger partial charge in [-0.05, 0) is 55.7 Å². The highest BCUT2D eigenvalue weighted by Crippen LogP contribution is 2.56. The molecule has 29 heavy (non-hydrogen) atoms. The molecule has 1 saturated heterocycles. The molecule has 3 fully saturated rings. The predicted octanol–water partition coefficient (Wildman–Crippen LogP) is 2.55. The van der Waals surface area contributed by atoms with Crippen molar-refractivity contribution in [3.63, 3.8) is 0 Å². The van der Waals surface area contributed by atoms with Crippen LogP contribution in [0.4, 0.5) is 5.69 Å². The molecule has 2 saturated carbocycles. The fourth-order valence-corrected chi connectivity index (χ4v) is 5.16. The molecule has 1 aromatic carbocycles. The molecule has 4 rings (SSSR count). The molecular formula is C21H23ClN2O5. The van der Waals surface area contributed by atoms with Crippen LogP contribution in [0.15, 0.2) is 18.2 Å². The van der Waals surface area contributed by atoms with Crippen molar-refractivity contribution in [3.05, 3.63) is 28.8 Å². The Labute approximate surface area is 173 Å². The quantitative estimate of drug-likeness (QED) is 0.566. The van der Waals surface area contributed by atoms with Gasteiger partial charge in [-0.2, -0.15) is 0 Å². The van der Waals surface area contributed by atoms with Crippen LogP contribution in [0.2, 0.25) is 5.02 Å². The number of aryl methyl sites for hydroxylation is 1. The maximum absolute atomic E-state index is 12.6. The summed E-state index contributed by atoms with van der Waals surface area (Å²) in [5.74, 6) is -1.15. The Balaban J connectivity index is 1.23. The van der Waals surface area contributed by atoms with Crippen molar-refractivity contribution >= 4 is 41.0 Å². The summed E-state index contributed by atoms with van der Waals surface area (Å²) in [6, 6.07) is 5.09. The van der Waals surface area contributed by atoms with E-state index in [4.69, 9.17) is 16.3 Å². The smallest absolute Gasteiger partial charge is 0.308 e. The first-order valence-corrected chi connectivity index (χ1v) is 10.3. The molecule has 3 amide bonds. The third-order valence-electron chi connectivity index (χ3n) is 6.38. The molecule has 4 atom stereocenters. The summed E-state index contributed by atoms with van der Waals surface area (Å²) < 4.78 is 4.98. The standard InChI is InChI=1S/C21H23ClN2O5/c1-11-2-5-14(9-15(11)22)23-16(25)10-29-17(26)6-7-24-20(27)18-12-3-4-13(8-12)19(18)21(24)28/h2,5,9,12-13,18-19H,3-4,6-8,10H2,1H3,(H,23,25)/t12-,13-,18+,19+/m0/s1. The van der Waals surface area contributed by atoms with Gasteiger partial charge in [0.15, 0.2) is 6.61 Å². The van der Waals surface area contributed by atoms with E-state index in [0.717, 1.165) is 24.8 Å². The molecule has 1 aromatic rings. The first kappa shape index (κ1) is 19.9. The molecule has 0 unspecified atom stereocenters. The zero-order chi connectivity index (χ0) is 20.7. The molecule has 0 spiro atoms. The number of anilines is 1. The molecule has 3 aliphatic rings. The van der Waals surface area contributed by atoms with Crippen LogP contribution in [-0.4, -0.2) is 41.7 Å². The molecule has 0 radical (unpaired) electrons. The Morgan fingerprint density at radius 2 is 1.83 bits per heavy atom. The Kier molecular flexibility index (Phi) is 5.34. The largest absolute Gasteiger partial charge is 0.456 e. The molecule has 2 bridgehead atoms. The third-order valence-corrected chi connectivity index (χ3v) is 6.79. The zero-order valence-corrected chi connectivity index (χ0v) is 16.9. The topological polar surface area (TPSA) is 92.8 Å². The van der Waals surface area contributed by atoms with Crippen LogP contribution >= 0.6 is 11.6 Å². The van der Waals surface area contributed by atoms with Crippen molar-refractivity contribution in [1.29, 1.82) is 0 Å². The lowest BCUT2D eigenvalue weighted by Gasteiger charge is -2.19. The van der Waals surface area contributed by atoms with Gasteiger partial charge in [-0.15, -0.1) is 0 Å². The number of hydrogen-bond donors (Lipinski definition) is 1. The second kappa shape index (κ2) is 7.78. The second-order valence-corrected chi connectivity index (χ2v) is 8.54. The average Bonchev–Trinajstić information content (AvgIpc) is 3.36. The molecule has 1 heterocycles. The lowest BCUT2D eigenvalue weighted by Crippen LogP contribution is -2.35. The lowest BCUT2D eigenvalue weighted by atomic mass is 9.81. The summed E-state index contributed by atoms with van der Waals surface area (Å²) >= 11 is 6.01. The van der Waals surface area contributed by atoms with Crippen molar-refractivity contribution in [2.75, 3.05) is 18.5 Å². The number of likely N-dealkylation sites (tertiary alicyclic amines) is 1. The summed E-state index contributed by atoms with van der Waals surface area (Å²) in [7, 11) is 0. The van der Waals surface area contributed by atoms with Gasteiger partial charge < -0.3 is 10.1 Å². The summed E-state index contributed by atoms with van der Waals surface area (Å²) in [4.78, 5) is 50.3. The molecule has 1 N–H and O–H groups in total. The molecule has 154 valence electrons. The fraction of sp³-hybridized carbons (Fsp3) is 0.524. The number of halogens is 1. The van der Waals surface area contributed by atoms with Gasteiger partial charge in [0, 0.05) is 17.3 Å². The Hall–Kier alpha value is -2.41. The van der Waals surface area contributed by atoms with Gasteiger partial charge in [-0.1, -0.05) is 17.7 Å². The number of fused-ring (bicyclic) bond motifs is 5. The normalized spacial score (nSPS) is 27.3. The number of esters is 1. The van der Waals surface area contributed by atoms with Crippen LogP contribution in [0.1, 0.15) is 31.2 Å². The number of carbonyl (C=O) groups excluding carboxylic acids is 4. The third kappa shape index (κ3) is 3.75. The molecule has 2 aliphatic carbocycles. The number of nitrogens with one attached hydrogen (secondary N) is 1. The number of benzene rings is 1. The lowest BCUT2D eigenvalue weighted by molar-refractivity contribution is -0.149. The van der Waals surface area contributed by atoms with E-state index in [0.29, 0.717) is 22.5 Å². The first-order chi connectivity index (χ1) is 13.8. The van der Waals surface area contributed by atoms with Crippen molar-refractivity contribution < 1.29 is 23.9 Å². The Morgan fingerprint density at radius 3 is 2.45 bits per heavy atom. The first-order valence-electron chi connectivity index (χ1n) is 9.92. The van der Waals surface area contributed by atoms with Crippen molar-refractivity contribution in [1.82, 2.24) is 4.90 Å². The van der Waals surface area contributed by atoms with Crippen molar-refractivity contribution in [2.45, 2.75) is 32.6 Å². The van der Waals surface area contributed by atoms with Gasteiger partial charge in [-0.3, -0.25) is 24.1 Å². The second-order valence-electron chi connectivity index (χ2n) is 8.14. The van der Waals surface area contributed by atoms with Crippen LogP contribution < -0.4 is 5.32 Å². The van der Waals surface area contributed by atoms with Gasteiger partial charge in [-0.25, -0.2) is 0 Å². The highest BCUT2D eigenvalue weighted by molar-refractivity contribution is 6.31. The SMILES string of the molecule is Cc1ccc(NC(=O)COC(=O)CCN2C(=O)[C@@H]3[C@H]4CC[C@@H](C4)[C@H]3C2=O)cc1Cl.